The highest BCUT2D eigenvalue weighted by atomic mass is 19.1. The summed E-state index contributed by atoms with van der Waals surface area (Å²) in [5.41, 5.74) is 5.69. The number of hydrogen-bond donors (Lipinski definition) is 3. The molecule has 1 aliphatic carbocycles. The van der Waals surface area contributed by atoms with Gasteiger partial charge in [-0.05, 0) is 38.0 Å². The average molecular weight is 404 g/mol. The molecule has 4 rings (SSSR count). The fourth-order valence-electron chi connectivity index (χ4n) is 4.55. The van der Waals surface area contributed by atoms with E-state index in [9.17, 15) is 14.7 Å². The number of hydrogen-bond acceptors (Lipinski definition) is 5. The first kappa shape index (κ1) is 19.4. The number of carboxylic acids is 1. The van der Waals surface area contributed by atoms with Crippen LogP contribution in [0, 0.1) is 11.6 Å². The van der Waals surface area contributed by atoms with Crippen molar-refractivity contribution in [2.45, 2.75) is 32.4 Å². The zero-order valence-corrected chi connectivity index (χ0v) is 16.2. The number of aromatic nitrogens is 1. The highest BCUT2D eigenvalue weighted by Gasteiger charge is 2.36. The minimum Gasteiger partial charge on any atom is -0.477 e. The lowest BCUT2D eigenvalue weighted by Gasteiger charge is -2.25. The van der Waals surface area contributed by atoms with Crippen LogP contribution >= 0.6 is 0 Å². The molecule has 1 aromatic heterocycles. The number of nitrogen functional groups attached to an aromatic ring is 1. The van der Waals surface area contributed by atoms with Crippen molar-refractivity contribution < 1.29 is 18.7 Å². The molecule has 0 amide bonds. The van der Waals surface area contributed by atoms with E-state index in [4.69, 9.17) is 5.73 Å². The molecule has 7 nitrogen and oxygen atoms in total. The van der Waals surface area contributed by atoms with Gasteiger partial charge in [-0.2, -0.15) is 0 Å². The monoisotopic (exact) mass is 404 g/mol. The molecule has 1 aromatic carbocycles. The van der Waals surface area contributed by atoms with Crippen LogP contribution in [0.5, 0.6) is 0 Å². The van der Waals surface area contributed by atoms with Gasteiger partial charge in [0.2, 0.25) is 5.43 Å². The average Bonchev–Trinajstić information content (AvgIpc) is 3.26. The Morgan fingerprint density at radius 2 is 2.07 bits per heavy atom. The molecule has 1 atom stereocenters. The molecule has 0 saturated heterocycles. The van der Waals surface area contributed by atoms with E-state index in [1.165, 1.54) is 4.57 Å². The van der Waals surface area contributed by atoms with Gasteiger partial charge in [-0.25, -0.2) is 13.6 Å². The molecule has 2 aliphatic rings. The molecule has 9 heteroatoms. The molecule has 154 valence electrons. The zero-order valence-electron chi connectivity index (χ0n) is 16.2. The summed E-state index contributed by atoms with van der Waals surface area (Å²) in [5.74, 6) is -3.40. The zero-order chi connectivity index (χ0) is 21.0. The van der Waals surface area contributed by atoms with Crippen LogP contribution < -0.4 is 21.4 Å². The summed E-state index contributed by atoms with van der Waals surface area (Å²) >= 11 is 0. The van der Waals surface area contributed by atoms with Crippen LogP contribution in [-0.4, -0.2) is 41.8 Å². The molecule has 4 N–H and O–H groups in total. The Hall–Kier alpha value is -2.94. The Labute approximate surface area is 165 Å². The highest BCUT2D eigenvalue weighted by molar-refractivity contribution is 5.99. The van der Waals surface area contributed by atoms with E-state index in [1.807, 2.05) is 7.05 Å². The number of aryl methyl sites for hydroxylation is 1. The SMILES string of the molecule is CCn1cc(C(=O)O)c(=O)c2c(N)c(F)c(N3CC4=C(C3)C(NC)CC4)c(F)c21. The van der Waals surface area contributed by atoms with Crippen molar-refractivity contribution in [3.8, 4) is 0 Å². The molecule has 2 heterocycles. The van der Waals surface area contributed by atoms with Crippen LogP contribution in [0.3, 0.4) is 0 Å². The van der Waals surface area contributed by atoms with Crippen LogP contribution in [0.2, 0.25) is 0 Å². The number of benzene rings is 1. The van der Waals surface area contributed by atoms with E-state index in [1.54, 1.807) is 11.8 Å². The fourth-order valence-corrected chi connectivity index (χ4v) is 4.55. The van der Waals surface area contributed by atoms with Crippen LogP contribution in [0.15, 0.2) is 22.1 Å². The van der Waals surface area contributed by atoms with E-state index in [-0.39, 0.29) is 23.8 Å². The third kappa shape index (κ3) is 2.71. The quantitative estimate of drug-likeness (QED) is 0.533. The second kappa shape index (κ2) is 6.84. The van der Waals surface area contributed by atoms with Gasteiger partial charge >= 0.3 is 5.97 Å². The van der Waals surface area contributed by atoms with Crippen molar-refractivity contribution in [3.63, 3.8) is 0 Å². The van der Waals surface area contributed by atoms with Crippen LogP contribution in [0.25, 0.3) is 10.9 Å². The summed E-state index contributed by atoms with van der Waals surface area (Å²) in [6.07, 6.45) is 2.91. The second-order valence-corrected chi connectivity index (χ2v) is 7.44. The number of fused-ring (bicyclic) bond motifs is 1. The van der Waals surface area contributed by atoms with Crippen molar-refractivity contribution in [1.29, 1.82) is 0 Å². The Bertz CT molecular complexity index is 1140. The number of rotatable bonds is 4. The number of carbonyl (C=O) groups is 1. The molecule has 1 aliphatic heterocycles. The number of halogens is 2. The first-order valence-corrected chi connectivity index (χ1v) is 9.49. The second-order valence-electron chi connectivity index (χ2n) is 7.44. The Morgan fingerprint density at radius 1 is 1.34 bits per heavy atom. The minimum absolute atomic E-state index is 0.173. The lowest BCUT2D eigenvalue weighted by atomic mass is 10.1. The fraction of sp³-hybridized carbons (Fsp3) is 0.400. The molecule has 2 aromatic rings. The summed E-state index contributed by atoms with van der Waals surface area (Å²) in [5, 5.41) is 12.1. The number of aromatic carboxylic acids is 1. The number of pyridine rings is 1. The van der Waals surface area contributed by atoms with Crippen LogP contribution in [-0.2, 0) is 6.54 Å². The number of nitrogens with zero attached hydrogens (tertiary/aromatic N) is 2. The van der Waals surface area contributed by atoms with Gasteiger partial charge in [-0.3, -0.25) is 4.79 Å². The van der Waals surface area contributed by atoms with E-state index in [2.05, 4.69) is 5.32 Å². The van der Waals surface area contributed by atoms with Crippen molar-refractivity contribution in [1.82, 2.24) is 9.88 Å². The smallest absolute Gasteiger partial charge is 0.341 e. The topological polar surface area (TPSA) is 101 Å². The Kier molecular flexibility index (Phi) is 4.57. The number of likely N-dealkylation sites (N-methyl/N-ethyl adjacent to an activating group) is 1. The standard InChI is InChI=1S/C20H22F2N4O3/c1-3-25-8-11(20(28)29)19(27)13-16(23)14(21)18(15(22)17(13)25)26-6-9-4-5-12(24-2)10(9)7-26/h8,12,24H,3-7,23H2,1-2H3,(H,28,29). The first-order chi connectivity index (χ1) is 13.8. The van der Waals surface area contributed by atoms with E-state index in [0.717, 1.165) is 30.2 Å². The summed E-state index contributed by atoms with van der Waals surface area (Å²) in [6, 6.07) is 0.186. The summed E-state index contributed by atoms with van der Waals surface area (Å²) < 4.78 is 32.1. The third-order valence-electron chi connectivity index (χ3n) is 6.00. The molecule has 0 radical (unpaired) electrons. The molecule has 0 fully saturated rings. The summed E-state index contributed by atoms with van der Waals surface area (Å²) in [6.45, 7) is 2.64. The van der Waals surface area contributed by atoms with Crippen molar-refractivity contribution in [2.75, 3.05) is 30.8 Å². The van der Waals surface area contributed by atoms with Gasteiger partial charge in [-0.1, -0.05) is 0 Å². The third-order valence-corrected chi connectivity index (χ3v) is 6.00. The minimum atomic E-state index is -1.47. The molecular formula is C20H22F2N4O3. The molecule has 29 heavy (non-hydrogen) atoms. The number of nitrogens with one attached hydrogen (secondary N) is 1. The van der Waals surface area contributed by atoms with Gasteiger partial charge < -0.3 is 25.6 Å². The Morgan fingerprint density at radius 3 is 2.69 bits per heavy atom. The lowest BCUT2D eigenvalue weighted by molar-refractivity contribution is 0.0695. The summed E-state index contributed by atoms with van der Waals surface area (Å²) in [7, 11) is 1.86. The van der Waals surface area contributed by atoms with Gasteiger partial charge in [0.15, 0.2) is 11.6 Å². The number of carboxylic acid groups (broad SMARTS) is 1. The van der Waals surface area contributed by atoms with Crippen LogP contribution in [0.4, 0.5) is 20.2 Å². The predicted molar refractivity (Wildman–Crippen MR) is 106 cm³/mol. The van der Waals surface area contributed by atoms with E-state index >= 15 is 8.78 Å². The lowest BCUT2D eigenvalue weighted by Crippen LogP contribution is -2.31. The van der Waals surface area contributed by atoms with Crippen molar-refractivity contribution >= 4 is 28.2 Å². The Balaban J connectivity index is 1.93. The maximum absolute atomic E-state index is 15.6. The molecule has 0 spiro atoms. The van der Waals surface area contributed by atoms with E-state index in [0.29, 0.717) is 13.1 Å². The van der Waals surface area contributed by atoms with Gasteiger partial charge in [0.05, 0.1) is 16.6 Å². The summed E-state index contributed by atoms with van der Waals surface area (Å²) in [4.78, 5) is 25.6. The molecule has 1 unspecified atom stereocenters. The highest BCUT2D eigenvalue weighted by Crippen LogP contribution is 2.40. The molecule has 0 saturated carbocycles. The largest absolute Gasteiger partial charge is 0.477 e. The molecular weight excluding hydrogens is 382 g/mol. The van der Waals surface area contributed by atoms with Gasteiger partial charge in [0, 0.05) is 31.9 Å². The van der Waals surface area contributed by atoms with Crippen molar-refractivity contribution in [3.05, 3.63) is 44.8 Å². The maximum atomic E-state index is 15.6. The van der Waals surface area contributed by atoms with Gasteiger partial charge in [0.1, 0.15) is 11.3 Å². The van der Waals surface area contributed by atoms with Crippen LogP contribution in [0.1, 0.15) is 30.1 Å². The number of anilines is 2. The van der Waals surface area contributed by atoms with Gasteiger partial charge in [0.25, 0.3) is 0 Å². The van der Waals surface area contributed by atoms with Gasteiger partial charge in [-0.15, -0.1) is 0 Å². The van der Waals surface area contributed by atoms with E-state index < -0.39 is 39.7 Å². The maximum Gasteiger partial charge on any atom is 0.341 e. The normalized spacial score (nSPS) is 18.8. The predicted octanol–water partition coefficient (Wildman–Crippen LogP) is 2.08. The molecule has 0 bridgehead atoms. The number of nitrogens with two attached hydrogens (primary N) is 1. The van der Waals surface area contributed by atoms with Crippen molar-refractivity contribution in [2.24, 2.45) is 0 Å². The first-order valence-electron chi connectivity index (χ1n) is 9.49.